The summed E-state index contributed by atoms with van der Waals surface area (Å²) in [7, 11) is 2.25. The molecule has 1 unspecified atom stereocenters. The van der Waals surface area contributed by atoms with E-state index in [1.807, 2.05) is 0 Å². The molecule has 0 aliphatic carbocycles. The van der Waals surface area contributed by atoms with E-state index in [2.05, 4.69) is 45.0 Å². The Bertz CT molecular complexity index is 242. The molecule has 0 aromatic carbocycles. The average Bonchev–Trinajstić information content (AvgIpc) is 2.34. The zero-order valence-electron chi connectivity index (χ0n) is 13.7. The summed E-state index contributed by atoms with van der Waals surface area (Å²) in [6.45, 7) is 14.2. The number of nitrogens with zero attached hydrogens (tertiary/aromatic N) is 1. The second-order valence-corrected chi connectivity index (χ2v) is 7.35. The fourth-order valence-corrected chi connectivity index (χ4v) is 2.76. The third kappa shape index (κ3) is 6.73. The van der Waals surface area contributed by atoms with E-state index in [4.69, 9.17) is 4.74 Å². The van der Waals surface area contributed by atoms with Crippen LogP contribution in [-0.4, -0.2) is 50.3 Å². The van der Waals surface area contributed by atoms with Crippen LogP contribution in [0, 0.1) is 5.41 Å². The standard InChI is InChI=1S/C16H34N2O/c1-6-7-10-18(5)13-16(9-8-11-19-14-16)12-17-15(2,3)4/h17H,6-14H2,1-5H3. The molecule has 1 aliphatic rings. The maximum atomic E-state index is 5.79. The average molecular weight is 270 g/mol. The van der Waals surface area contributed by atoms with Gasteiger partial charge < -0.3 is 15.0 Å². The molecular formula is C16H34N2O. The molecule has 114 valence electrons. The molecule has 1 rings (SSSR count). The number of hydrogen-bond acceptors (Lipinski definition) is 3. The molecule has 1 saturated heterocycles. The molecule has 0 bridgehead atoms. The number of nitrogens with one attached hydrogen (secondary N) is 1. The molecule has 1 atom stereocenters. The lowest BCUT2D eigenvalue weighted by Crippen LogP contribution is -2.52. The first-order valence-electron chi connectivity index (χ1n) is 7.88. The van der Waals surface area contributed by atoms with Crippen LogP contribution in [0.5, 0.6) is 0 Å². The van der Waals surface area contributed by atoms with Gasteiger partial charge in [0.05, 0.1) is 6.61 Å². The first kappa shape index (κ1) is 16.9. The first-order valence-corrected chi connectivity index (χ1v) is 7.88. The van der Waals surface area contributed by atoms with Crippen LogP contribution in [0.4, 0.5) is 0 Å². The van der Waals surface area contributed by atoms with Gasteiger partial charge in [-0.25, -0.2) is 0 Å². The van der Waals surface area contributed by atoms with Crippen molar-refractivity contribution in [3.05, 3.63) is 0 Å². The number of rotatable bonds is 7. The van der Waals surface area contributed by atoms with Gasteiger partial charge in [0.25, 0.3) is 0 Å². The van der Waals surface area contributed by atoms with Gasteiger partial charge >= 0.3 is 0 Å². The molecule has 1 N–H and O–H groups in total. The molecule has 1 aliphatic heterocycles. The molecule has 1 heterocycles. The van der Waals surface area contributed by atoms with Gasteiger partial charge in [0.1, 0.15) is 0 Å². The zero-order valence-corrected chi connectivity index (χ0v) is 13.7. The van der Waals surface area contributed by atoms with E-state index < -0.39 is 0 Å². The van der Waals surface area contributed by atoms with Crippen molar-refractivity contribution in [2.75, 3.05) is 39.9 Å². The normalized spacial score (nSPS) is 24.9. The Kier molecular flexibility index (Phi) is 6.78. The minimum atomic E-state index is 0.187. The highest BCUT2D eigenvalue weighted by Crippen LogP contribution is 2.29. The third-order valence-corrected chi connectivity index (χ3v) is 3.90. The second-order valence-electron chi connectivity index (χ2n) is 7.35. The first-order chi connectivity index (χ1) is 8.87. The van der Waals surface area contributed by atoms with E-state index in [1.165, 1.54) is 32.2 Å². The summed E-state index contributed by atoms with van der Waals surface area (Å²) in [6.07, 6.45) is 5.05. The summed E-state index contributed by atoms with van der Waals surface area (Å²) in [5, 5.41) is 3.69. The molecular weight excluding hydrogens is 236 g/mol. The number of hydrogen-bond donors (Lipinski definition) is 1. The fourth-order valence-electron chi connectivity index (χ4n) is 2.76. The lowest BCUT2D eigenvalue weighted by molar-refractivity contribution is -0.0254. The van der Waals surface area contributed by atoms with Crippen LogP contribution in [0.2, 0.25) is 0 Å². The molecule has 0 saturated carbocycles. The predicted molar refractivity (Wildman–Crippen MR) is 82.6 cm³/mol. The molecule has 0 radical (unpaired) electrons. The number of ether oxygens (including phenoxy) is 1. The van der Waals surface area contributed by atoms with Crippen molar-refractivity contribution in [1.82, 2.24) is 10.2 Å². The minimum Gasteiger partial charge on any atom is -0.381 e. The zero-order chi connectivity index (χ0) is 14.4. The van der Waals surface area contributed by atoms with Crippen molar-refractivity contribution >= 4 is 0 Å². The highest BCUT2D eigenvalue weighted by molar-refractivity contribution is 4.89. The van der Waals surface area contributed by atoms with Gasteiger partial charge in [-0.3, -0.25) is 0 Å². The molecule has 0 spiro atoms. The maximum absolute atomic E-state index is 5.79. The van der Waals surface area contributed by atoms with Gasteiger partial charge in [-0.1, -0.05) is 13.3 Å². The van der Waals surface area contributed by atoms with Crippen molar-refractivity contribution in [2.45, 2.75) is 58.9 Å². The van der Waals surface area contributed by atoms with Gasteiger partial charge in [-0.15, -0.1) is 0 Å². The van der Waals surface area contributed by atoms with E-state index >= 15 is 0 Å². The largest absolute Gasteiger partial charge is 0.381 e. The van der Waals surface area contributed by atoms with Crippen molar-refractivity contribution in [2.24, 2.45) is 5.41 Å². The second kappa shape index (κ2) is 7.61. The quantitative estimate of drug-likeness (QED) is 0.770. The Morgan fingerprint density at radius 2 is 2.05 bits per heavy atom. The fraction of sp³-hybridized carbons (Fsp3) is 1.00. The molecule has 0 amide bonds. The van der Waals surface area contributed by atoms with Crippen LogP contribution < -0.4 is 5.32 Å². The Balaban J connectivity index is 2.54. The summed E-state index contributed by atoms with van der Waals surface area (Å²) >= 11 is 0. The molecule has 0 aromatic rings. The Morgan fingerprint density at radius 1 is 1.32 bits per heavy atom. The van der Waals surface area contributed by atoms with Crippen molar-refractivity contribution in [1.29, 1.82) is 0 Å². The van der Waals surface area contributed by atoms with Gasteiger partial charge in [0.15, 0.2) is 0 Å². The third-order valence-electron chi connectivity index (χ3n) is 3.90. The monoisotopic (exact) mass is 270 g/mol. The topological polar surface area (TPSA) is 24.5 Å². The van der Waals surface area contributed by atoms with Crippen LogP contribution in [0.25, 0.3) is 0 Å². The Labute approximate surface area is 120 Å². The van der Waals surface area contributed by atoms with E-state index in [0.717, 1.165) is 26.3 Å². The minimum absolute atomic E-state index is 0.187. The molecule has 0 aromatic heterocycles. The van der Waals surface area contributed by atoms with E-state index in [-0.39, 0.29) is 5.54 Å². The lowest BCUT2D eigenvalue weighted by atomic mass is 9.81. The SMILES string of the molecule is CCCCN(C)CC1(CNC(C)(C)C)CCCOC1. The summed E-state index contributed by atoms with van der Waals surface area (Å²) in [4.78, 5) is 2.49. The van der Waals surface area contributed by atoms with Crippen LogP contribution >= 0.6 is 0 Å². The van der Waals surface area contributed by atoms with Crippen LogP contribution in [0.15, 0.2) is 0 Å². The van der Waals surface area contributed by atoms with Crippen molar-refractivity contribution in [3.8, 4) is 0 Å². The van der Waals surface area contributed by atoms with Gasteiger partial charge in [0, 0.05) is 30.7 Å². The summed E-state index contributed by atoms with van der Waals surface area (Å²) in [5.41, 5.74) is 0.487. The van der Waals surface area contributed by atoms with Gasteiger partial charge in [-0.2, -0.15) is 0 Å². The number of unbranched alkanes of at least 4 members (excludes halogenated alkanes) is 1. The van der Waals surface area contributed by atoms with Crippen molar-refractivity contribution < 1.29 is 4.74 Å². The summed E-state index contributed by atoms with van der Waals surface area (Å²) < 4.78 is 5.79. The molecule has 1 fully saturated rings. The smallest absolute Gasteiger partial charge is 0.0546 e. The maximum Gasteiger partial charge on any atom is 0.0546 e. The highest BCUT2D eigenvalue weighted by atomic mass is 16.5. The molecule has 3 heteroatoms. The summed E-state index contributed by atoms with van der Waals surface area (Å²) in [6, 6.07) is 0. The van der Waals surface area contributed by atoms with E-state index in [1.54, 1.807) is 0 Å². The Hall–Kier alpha value is -0.120. The van der Waals surface area contributed by atoms with Crippen LogP contribution in [-0.2, 0) is 4.74 Å². The summed E-state index contributed by atoms with van der Waals surface area (Å²) in [5.74, 6) is 0. The van der Waals surface area contributed by atoms with Gasteiger partial charge in [-0.05, 0) is 53.6 Å². The lowest BCUT2D eigenvalue weighted by Gasteiger charge is -2.41. The van der Waals surface area contributed by atoms with Gasteiger partial charge in [0.2, 0.25) is 0 Å². The van der Waals surface area contributed by atoms with Crippen LogP contribution in [0.1, 0.15) is 53.4 Å². The predicted octanol–water partition coefficient (Wildman–Crippen LogP) is 2.90. The van der Waals surface area contributed by atoms with E-state index in [9.17, 15) is 0 Å². The van der Waals surface area contributed by atoms with E-state index in [0.29, 0.717) is 5.41 Å². The Morgan fingerprint density at radius 3 is 2.58 bits per heavy atom. The molecule has 19 heavy (non-hydrogen) atoms. The molecule has 3 nitrogen and oxygen atoms in total. The highest BCUT2D eigenvalue weighted by Gasteiger charge is 2.34. The van der Waals surface area contributed by atoms with Crippen molar-refractivity contribution in [3.63, 3.8) is 0 Å². The van der Waals surface area contributed by atoms with Crippen LogP contribution in [0.3, 0.4) is 0 Å².